The molecule has 3 heterocycles. The maximum atomic E-state index is 13.6. The van der Waals surface area contributed by atoms with Gasteiger partial charge in [0.2, 0.25) is 11.8 Å². The number of amides is 2. The lowest BCUT2D eigenvalue weighted by atomic mass is 9.81. The van der Waals surface area contributed by atoms with E-state index < -0.39 is 6.04 Å². The molecule has 1 saturated heterocycles. The molecule has 1 aliphatic carbocycles. The van der Waals surface area contributed by atoms with Gasteiger partial charge in [-0.15, -0.1) is 0 Å². The lowest BCUT2D eigenvalue weighted by Gasteiger charge is -2.28. The van der Waals surface area contributed by atoms with Crippen LogP contribution in [0.25, 0.3) is 22.4 Å². The van der Waals surface area contributed by atoms with Crippen molar-refractivity contribution >= 4 is 23.3 Å². The number of anilines is 2. The average molecular weight is 624 g/mol. The van der Waals surface area contributed by atoms with E-state index in [0.29, 0.717) is 43.5 Å². The zero-order chi connectivity index (χ0) is 31.9. The number of carbonyl (C=O) groups is 2. The van der Waals surface area contributed by atoms with Crippen LogP contribution in [0.3, 0.4) is 0 Å². The first-order valence-electron chi connectivity index (χ1n) is 16.0. The fourth-order valence-electron chi connectivity index (χ4n) is 6.21. The number of nitrogens with zero attached hydrogens (tertiary/aromatic N) is 2. The van der Waals surface area contributed by atoms with Crippen molar-refractivity contribution < 1.29 is 14.3 Å². The molecule has 6 rings (SSSR count). The number of nitrogens with one attached hydrogen (secondary N) is 4. The Labute approximate surface area is 267 Å². The minimum Gasteiger partial charge on any atom is -0.378 e. The van der Waals surface area contributed by atoms with E-state index in [-0.39, 0.29) is 23.3 Å². The van der Waals surface area contributed by atoms with Crippen LogP contribution in [0.5, 0.6) is 0 Å². The van der Waals surface area contributed by atoms with E-state index >= 15 is 0 Å². The number of rotatable bonds is 10. The summed E-state index contributed by atoms with van der Waals surface area (Å²) in [5, 5.41) is 11.4. The third-order valence-corrected chi connectivity index (χ3v) is 9.05. The first-order valence-corrected chi connectivity index (χ1v) is 16.0. The van der Waals surface area contributed by atoms with Gasteiger partial charge in [0.15, 0.2) is 0 Å². The van der Waals surface area contributed by atoms with Crippen molar-refractivity contribution in [3.8, 4) is 22.4 Å². The quantitative estimate of drug-likeness (QED) is 0.180. The highest BCUT2D eigenvalue weighted by molar-refractivity contribution is 5.97. The molecule has 11 nitrogen and oxygen atoms in total. The van der Waals surface area contributed by atoms with E-state index in [1.807, 2.05) is 48.7 Å². The monoisotopic (exact) mass is 623 g/mol. The standard InChI is InChI=1S/C35H41N7O4/c36-21-24-3-7-27(8-4-24)34(44)39-31(35(45)38-29-12-9-26(10-13-29)30-20-33(43)41-40-30)19-23-1-5-25(6-2-23)28-11-14-32(37-22-28)42-15-17-46-18-16-42/h1-2,5-6,9-14,20,22,24,27,31H,3-4,7-8,15-19,21,36H2,(H,38,45)(H,39,44)(H2,40,41,43)/t24?,27?,31-/m0/s1. The molecule has 4 aromatic rings. The molecular formula is C35H41N7O4. The van der Waals surface area contributed by atoms with Crippen LogP contribution >= 0.6 is 0 Å². The van der Waals surface area contributed by atoms with Crippen LogP contribution < -0.4 is 26.8 Å². The molecule has 240 valence electrons. The van der Waals surface area contributed by atoms with Crippen LogP contribution in [0.1, 0.15) is 31.2 Å². The third-order valence-electron chi connectivity index (χ3n) is 9.05. The van der Waals surface area contributed by atoms with E-state index in [0.717, 1.165) is 66.8 Å². The first-order chi connectivity index (χ1) is 22.4. The summed E-state index contributed by atoms with van der Waals surface area (Å²) < 4.78 is 5.44. The molecule has 11 heteroatoms. The Morgan fingerprint density at radius 1 is 0.913 bits per heavy atom. The lowest BCUT2D eigenvalue weighted by molar-refractivity contribution is -0.130. The van der Waals surface area contributed by atoms with Crippen LogP contribution in [0.4, 0.5) is 11.5 Å². The summed E-state index contributed by atoms with van der Waals surface area (Å²) in [5.41, 5.74) is 10.7. The van der Waals surface area contributed by atoms with Crippen molar-refractivity contribution in [3.05, 3.63) is 88.8 Å². The van der Waals surface area contributed by atoms with Crippen molar-refractivity contribution in [2.45, 2.75) is 38.1 Å². The maximum absolute atomic E-state index is 13.6. The van der Waals surface area contributed by atoms with Crippen LogP contribution in [-0.4, -0.2) is 65.9 Å². The number of aromatic nitrogens is 3. The average Bonchev–Trinajstić information content (AvgIpc) is 3.55. The van der Waals surface area contributed by atoms with Gasteiger partial charge in [0, 0.05) is 48.9 Å². The van der Waals surface area contributed by atoms with Crippen molar-refractivity contribution in [2.24, 2.45) is 17.6 Å². The molecule has 6 N–H and O–H groups in total. The number of aromatic amines is 2. The fourth-order valence-corrected chi connectivity index (χ4v) is 6.21. The number of carbonyl (C=O) groups excluding carboxylic acids is 2. The second-order valence-corrected chi connectivity index (χ2v) is 12.2. The zero-order valence-corrected chi connectivity index (χ0v) is 25.8. The predicted octanol–water partition coefficient (Wildman–Crippen LogP) is 3.70. The predicted molar refractivity (Wildman–Crippen MR) is 178 cm³/mol. The molecule has 1 aliphatic heterocycles. The highest BCUT2D eigenvalue weighted by Gasteiger charge is 2.29. The molecule has 2 aromatic heterocycles. The van der Waals surface area contributed by atoms with E-state index in [4.69, 9.17) is 10.5 Å². The molecule has 2 amide bonds. The molecule has 0 unspecified atom stereocenters. The van der Waals surface area contributed by atoms with Crippen LogP contribution in [-0.2, 0) is 20.7 Å². The van der Waals surface area contributed by atoms with Crippen LogP contribution in [0.15, 0.2) is 77.7 Å². The molecule has 2 aliphatic rings. The molecule has 0 radical (unpaired) electrons. The number of ether oxygens (including phenoxy) is 1. The normalized spacial score (nSPS) is 18.9. The number of nitrogens with two attached hydrogens (primary N) is 1. The van der Waals surface area contributed by atoms with Gasteiger partial charge in [-0.1, -0.05) is 36.4 Å². The second-order valence-electron chi connectivity index (χ2n) is 12.2. The molecule has 1 atom stereocenters. The SMILES string of the molecule is NCC1CCC(C(=O)N[C@@H](Cc2ccc(-c3ccc(N4CCOCC4)nc3)cc2)C(=O)Nc2ccc(-c3cc(=O)[nH][nH]3)cc2)CC1. The van der Waals surface area contributed by atoms with E-state index in [1.165, 1.54) is 6.07 Å². The smallest absolute Gasteiger partial charge is 0.264 e. The van der Waals surface area contributed by atoms with Gasteiger partial charge in [-0.25, -0.2) is 4.98 Å². The molecule has 0 bridgehead atoms. The summed E-state index contributed by atoms with van der Waals surface area (Å²) in [7, 11) is 0. The summed E-state index contributed by atoms with van der Waals surface area (Å²) >= 11 is 0. The topological polar surface area (TPSA) is 158 Å². The van der Waals surface area contributed by atoms with Gasteiger partial charge in [0.1, 0.15) is 11.9 Å². The van der Waals surface area contributed by atoms with E-state index in [2.05, 4.69) is 36.8 Å². The van der Waals surface area contributed by atoms with Gasteiger partial charge in [-0.05, 0) is 79.1 Å². The summed E-state index contributed by atoms with van der Waals surface area (Å²) in [6, 6.07) is 20.1. The molecule has 2 fully saturated rings. The maximum Gasteiger partial charge on any atom is 0.264 e. The van der Waals surface area contributed by atoms with Crippen molar-refractivity contribution in [1.82, 2.24) is 20.5 Å². The van der Waals surface area contributed by atoms with Crippen molar-refractivity contribution in [2.75, 3.05) is 43.1 Å². The van der Waals surface area contributed by atoms with Gasteiger partial charge in [-0.2, -0.15) is 0 Å². The Kier molecular flexibility index (Phi) is 9.90. The lowest BCUT2D eigenvalue weighted by Crippen LogP contribution is -2.48. The Hall–Kier alpha value is -4.74. The molecular weight excluding hydrogens is 582 g/mol. The Bertz CT molecular complexity index is 1650. The minimum absolute atomic E-state index is 0.0922. The Morgan fingerprint density at radius 2 is 1.61 bits per heavy atom. The highest BCUT2D eigenvalue weighted by atomic mass is 16.5. The van der Waals surface area contributed by atoms with Gasteiger partial charge in [0.25, 0.3) is 5.56 Å². The second kappa shape index (κ2) is 14.6. The van der Waals surface area contributed by atoms with Crippen molar-refractivity contribution in [1.29, 1.82) is 0 Å². The van der Waals surface area contributed by atoms with Gasteiger partial charge >= 0.3 is 0 Å². The minimum atomic E-state index is -0.763. The number of morpholine rings is 1. The van der Waals surface area contributed by atoms with E-state index in [1.54, 1.807) is 12.1 Å². The van der Waals surface area contributed by atoms with Gasteiger partial charge in [-0.3, -0.25) is 24.6 Å². The van der Waals surface area contributed by atoms with Gasteiger partial charge < -0.3 is 26.0 Å². The van der Waals surface area contributed by atoms with Gasteiger partial charge in [0.05, 0.1) is 18.9 Å². The van der Waals surface area contributed by atoms with E-state index in [9.17, 15) is 14.4 Å². The summed E-state index contributed by atoms with van der Waals surface area (Å²) in [6.07, 6.45) is 5.62. The number of benzene rings is 2. The molecule has 2 aromatic carbocycles. The largest absolute Gasteiger partial charge is 0.378 e. The van der Waals surface area contributed by atoms with Crippen LogP contribution in [0, 0.1) is 11.8 Å². The van der Waals surface area contributed by atoms with Crippen molar-refractivity contribution in [3.63, 3.8) is 0 Å². The summed E-state index contributed by atoms with van der Waals surface area (Å²) in [4.78, 5) is 45.4. The number of H-pyrrole nitrogens is 2. The third kappa shape index (κ3) is 7.72. The summed E-state index contributed by atoms with van der Waals surface area (Å²) in [5.74, 6) is 0.888. The highest BCUT2D eigenvalue weighted by Crippen LogP contribution is 2.29. The molecule has 46 heavy (non-hydrogen) atoms. The summed E-state index contributed by atoms with van der Waals surface area (Å²) in [6.45, 7) is 3.74. The number of pyridine rings is 1. The number of hydrogen-bond acceptors (Lipinski definition) is 7. The number of hydrogen-bond donors (Lipinski definition) is 5. The van der Waals surface area contributed by atoms with Crippen LogP contribution in [0.2, 0.25) is 0 Å². The fraction of sp³-hybridized carbons (Fsp3) is 0.371. The Morgan fingerprint density at radius 3 is 2.24 bits per heavy atom. The molecule has 1 saturated carbocycles. The Balaban J connectivity index is 1.14. The zero-order valence-electron chi connectivity index (χ0n) is 25.8. The first kappa shape index (κ1) is 31.3. The molecule has 0 spiro atoms.